The van der Waals surface area contributed by atoms with Crippen molar-refractivity contribution in [2.75, 3.05) is 0 Å². The van der Waals surface area contributed by atoms with Crippen LogP contribution in [-0.2, 0) is 6.42 Å². The van der Waals surface area contributed by atoms with Crippen LogP contribution in [0, 0.1) is 0 Å². The molecule has 3 heteroatoms. The highest BCUT2D eigenvalue weighted by molar-refractivity contribution is 5.93. The van der Waals surface area contributed by atoms with Gasteiger partial charge in [0.1, 0.15) is 0 Å². The van der Waals surface area contributed by atoms with Gasteiger partial charge in [-0.05, 0) is 30.5 Å². The first-order chi connectivity index (χ1) is 10.8. The Morgan fingerprint density at radius 1 is 0.955 bits per heavy atom. The number of carbonyl (C=O) groups is 1. The zero-order valence-electron chi connectivity index (χ0n) is 14.1. The third kappa shape index (κ3) is 8.18. The molecule has 0 aliphatic heterocycles. The number of rotatable bonds is 12. The molecule has 0 aromatic heterocycles. The predicted molar refractivity (Wildman–Crippen MR) is 93.6 cm³/mol. The Labute approximate surface area is 135 Å². The lowest BCUT2D eigenvalue weighted by Crippen LogP contribution is -2.29. The lowest BCUT2D eigenvalue weighted by atomic mass is 10.0. The van der Waals surface area contributed by atoms with Gasteiger partial charge in [-0.1, -0.05) is 76.8 Å². The van der Waals surface area contributed by atoms with Crippen molar-refractivity contribution in [3.8, 4) is 0 Å². The van der Waals surface area contributed by atoms with Gasteiger partial charge in [-0.2, -0.15) is 0 Å². The van der Waals surface area contributed by atoms with E-state index in [0.29, 0.717) is 5.56 Å². The number of nitrogen functional groups attached to an aromatic ring is 1. The monoisotopic (exact) mass is 304 g/mol. The summed E-state index contributed by atoms with van der Waals surface area (Å²) in [5, 5.41) is 0. The topological polar surface area (TPSA) is 55.1 Å². The molecule has 3 N–H and O–H groups in total. The maximum absolute atomic E-state index is 11.5. The minimum absolute atomic E-state index is 0.218. The Hall–Kier alpha value is -1.35. The fourth-order valence-corrected chi connectivity index (χ4v) is 2.77. The fraction of sp³-hybridized carbons (Fsp3) is 0.632. The minimum Gasteiger partial charge on any atom is -0.290 e. The van der Waals surface area contributed by atoms with Gasteiger partial charge in [0.25, 0.3) is 5.91 Å². The molecule has 0 aliphatic rings. The van der Waals surface area contributed by atoms with Crippen LogP contribution in [0.3, 0.4) is 0 Å². The van der Waals surface area contributed by atoms with Crippen LogP contribution >= 0.6 is 0 Å². The largest absolute Gasteiger partial charge is 0.290 e. The normalized spacial score (nSPS) is 10.6. The molecule has 1 amide bonds. The number of amides is 1. The number of hydrogen-bond donors (Lipinski definition) is 2. The number of aryl methyl sites for hydroxylation is 1. The van der Waals surface area contributed by atoms with E-state index in [0.717, 1.165) is 6.42 Å². The SMILES string of the molecule is CCCCCCCCCCCCc1cccc(C(=O)NN)c1. The smallest absolute Gasteiger partial charge is 0.265 e. The van der Waals surface area contributed by atoms with Gasteiger partial charge in [-0.3, -0.25) is 10.2 Å². The summed E-state index contributed by atoms with van der Waals surface area (Å²) in [5.41, 5.74) is 4.05. The van der Waals surface area contributed by atoms with Crippen LogP contribution in [0.2, 0.25) is 0 Å². The van der Waals surface area contributed by atoms with Crippen molar-refractivity contribution >= 4 is 5.91 Å². The van der Waals surface area contributed by atoms with Gasteiger partial charge in [0.15, 0.2) is 0 Å². The summed E-state index contributed by atoms with van der Waals surface area (Å²) in [6, 6.07) is 7.75. The summed E-state index contributed by atoms with van der Waals surface area (Å²) >= 11 is 0. The number of carbonyl (C=O) groups excluding carboxylic acids is 1. The van der Waals surface area contributed by atoms with E-state index in [-0.39, 0.29) is 5.91 Å². The molecule has 0 saturated carbocycles. The Morgan fingerprint density at radius 2 is 1.55 bits per heavy atom. The zero-order chi connectivity index (χ0) is 16.0. The van der Waals surface area contributed by atoms with Crippen molar-refractivity contribution < 1.29 is 4.79 Å². The van der Waals surface area contributed by atoms with Crippen LogP contribution in [0.5, 0.6) is 0 Å². The lowest BCUT2D eigenvalue weighted by Gasteiger charge is -2.05. The third-order valence-electron chi connectivity index (χ3n) is 4.14. The quantitative estimate of drug-likeness (QED) is 0.253. The molecule has 124 valence electrons. The molecular weight excluding hydrogens is 272 g/mol. The molecule has 1 aromatic carbocycles. The number of hydrogen-bond acceptors (Lipinski definition) is 2. The summed E-state index contributed by atoms with van der Waals surface area (Å²) in [4.78, 5) is 11.5. The van der Waals surface area contributed by atoms with E-state index in [1.54, 1.807) is 6.07 Å². The van der Waals surface area contributed by atoms with Gasteiger partial charge >= 0.3 is 0 Å². The molecule has 22 heavy (non-hydrogen) atoms. The van der Waals surface area contributed by atoms with Gasteiger partial charge in [0, 0.05) is 5.56 Å². The fourth-order valence-electron chi connectivity index (χ4n) is 2.77. The van der Waals surface area contributed by atoms with Crippen LogP contribution in [0.15, 0.2) is 24.3 Å². The highest BCUT2D eigenvalue weighted by Crippen LogP contribution is 2.13. The van der Waals surface area contributed by atoms with Gasteiger partial charge in [0.2, 0.25) is 0 Å². The molecule has 0 aliphatic carbocycles. The number of benzene rings is 1. The second-order valence-corrected chi connectivity index (χ2v) is 6.11. The zero-order valence-corrected chi connectivity index (χ0v) is 14.1. The van der Waals surface area contributed by atoms with Crippen molar-refractivity contribution in [3.63, 3.8) is 0 Å². The van der Waals surface area contributed by atoms with E-state index in [1.165, 1.54) is 69.8 Å². The molecule has 0 saturated heterocycles. The van der Waals surface area contributed by atoms with Crippen LogP contribution in [-0.4, -0.2) is 5.91 Å². The van der Waals surface area contributed by atoms with E-state index >= 15 is 0 Å². The highest BCUT2D eigenvalue weighted by Gasteiger charge is 2.03. The number of nitrogens with two attached hydrogens (primary N) is 1. The molecule has 0 bridgehead atoms. The second kappa shape index (κ2) is 12.2. The van der Waals surface area contributed by atoms with Crippen LogP contribution in [0.1, 0.15) is 87.1 Å². The summed E-state index contributed by atoms with van der Waals surface area (Å²) in [7, 11) is 0. The molecular formula is C19H32N2O. The molecule has 0 radical (unpaired) electrons. The molecule has 0 heterocycles. The number of hydrazine groups is 1. The molecule has 3 nitrogen and oxygen atoms in total. The van der Waals surface area contributed by atoms with Crippen molar-refractivity contribution in [1.29, 1.82) is 0 Å². The molecule has 0 fully saturated rings. The Balaban J connectivity index is 2.06. The maximum Gasteiger partial charge on any atom is 0.265 e. The van der Waals surface area contributed by atoms with Crippen molar-refractivity contribution in [3.05, 3.63) is 35.4 Å². The Kier molecular flexibility index (Phi) is 10.4. The molecule has 1 aromatic rings. The van der Waals surface area contributed by atoms with Gasteiger partial charge in [-0.25, -0.2) is 5.84 Å². The Bertz CT molecular complexity index is 418. The molecule has 0 spiro atoms. The standard InChI is InChI=1S/C19H32N2O/c1-2-3-4-5-6-7-8-9-10-11-13-17-14-12-15-18(16-17)19(22)21-20/h12,14-16H,2-11,13,20H2,1H3,(H,21,22). The van der Waals surface area contributed by atoms with E-state index in [9.17, 15) is 4.79 Å². The van der Waals surface area contributed by atoms with Gasteiger partial charge in [-0.15, -0.1) is 0 Å². The van der Waals surface area contributed by atoms with E-state index in [4.69, 9.17) is 5.84 Å². The summed E-state index contributed by atoms with van der Waals surface area (Å²) in [5.74, 6) is 4.94. The molecule has 0 atom stereocenters. The van der Waals surface area contributed by atoms with Crippen LogP contribution in [0.4, 0.5) is 0 Å². The van der Waals surface area contributed by atoms with E-state index in [1.807, 2.05) is 12.1 Å². The summed E-state index contributed by atoms with van der Waals surface area (Å²) in [6.07, 6.45) is 14.5. The predicted octanol–water partition coefficient (Wildman–Crippen LogP) is 4.75. The first-order valence-corrected chi connectivity index (χ1v) is 8.87. The van der Waals surface area contributed by atoms with E-state index in [2.05, 4.69) is 18.4 Å². The third-order valence-corrected chi connectivity index (χ3v) is 4.14. The van der Waals surface area contributed by atoms with Crippen LogP contribution in [0.25, 0.3) is 0 Å². The molecule has 1 rings (SSSR count). The van der Waals surface area contributed by atoms with Crippen molar-refractivity contribution in [1.82, 2.24) is 5.43 Å². The first kappa shape index (κ1) is 18.7. The molecule has 0 unspecified atom stereocenters. The lowest BCUT2D eigenvalue weighted by molar-refractivity contribution is 0.0953. The van der Waals surface area contributed by atoms with Gasteiger partial charge < -0.3 is 0 Å². The summed E-state index contributed by atoms with van der Waals surface area (Å²) < 4.78 is 0. The average Bonchev–Trinajstić information content (AvgIpc) is 2.56. The first-order valence-electron chi connectivity index (χ1n) is 8.87. The van der Waals surface area contributed by atoms with Crippen molar-refractivity contribution in [2.24, 2.45) is 5.84 Å². The highest BCUT2D eigenvalue weighted by atomic mass is 16.2. The van der Waals surface area contributed by atoms with Crippen LogP contribution < -0.4 is 11.3 Å². The second-order valence-electron chi connectivity index (χ2n) is 6.11. The average molecular weight is 304 g/mol. The summed E-state index contributed by atoms with van der Waals surface area (Å²) in [6.45, 7) is 2.26. The van der Waals surface area contributed by atoms with Crippen molar-refractivity contribution in [2.45, 2.75) is 77.6 Å². The van der Waals surface area contributed by atoms with Gasteiger partial charge in [0.05, 0.1) is 0 Å². The maximum atomic E-state index is 11.5. The number of unbranched alkanes of at least 4 members (excludes halogenated alkanes) is 9. The minimum atomic E-state index is -0.218. The van der Waals surface area contributed by atoms with E-state index < -0.39 is 0 Å². The Morgan fingerprint density at radius 3 is 2.14 bits per heavy atom. The number of nitrogens with one attached hydrogen (secondary N) is 1.